The fourth-order valence-electron chi connectivity index (χ4n) is 3.81. The van der Waals surface area contributed by atoms with E-state index in [9.17, 15) is 35.9 Å². The Morgan fingerprint density at radius 2 is 1.88 bits per heavy atom. The molecule has 14 heteroatoms. The molecule has 1 amide bonds. The Hall–Kier alpha value is -3.26. The number of aliphatic hydroxyl groups is 1. The SMILES string of the molecule is Cc1cn(CC(F)(F)F)nc1S(=O)(=O)n1cc2c(n1)CN(C(=O)[C@H](CO)c1ccccc1F)C2. The van der Waals surface area contributed by atoms with Crippen molar-refractivity contribution >= 4 is 15.9 Å². The average Bonchev–Trinajstić information content (AvgIpc) is 3.42. The predicted octanol–water partition coefficient (Wildman–Crippen LogP) is 1.94. The number of halogens is 4. The van der Waals surface area contributed by atoms with Gasteiger partial charge in [-0.1, -0.05) is 18.2 Å². The summed E-state index contributed by atoms with van der Waals surface area (Å²) in [4.78, 5) is 14.2. The van der Waals surface area contributed by atoms with Crippen molar-refractivity contribution in [2.45, 2.75) is 43.7 Å². The number of benzene rings is 1. The number of carbonyl (C=O) groups is 1. The molecule has 182 valence electrons. The molecular weight excluding hydrogens is 482 g/mol. The number of aliphatic hydroxyl groups excluding tert-OH is 1. The first-order valence-electron chi connectivity index (χ1n) is 9.98. The third-order valence-corrected chi connectivity index (χ3v) is 6.93. The summed E-state index contributed by atoms with van der Waals surface area (Å²) in [5.41, 5.74) is 0.716. The lowest BCUT2D eigenvalue weighted by Gasteiger charge is -2.22. The Balaban J connectivity index is 1.54. The maximum absolute atomic E-state index is 14.1. The molecule has 0 unspecified atom stereocenters. The number of amides is 1. The minimum Gasteiger partial charge on any atom is -0.395 e. The Morgan fingerprint density at radius 1 is 1.18 bits per heavy atom. The largest absolute Gasteiger partial charge is 0.408 e. The average molecular weight is 501 g/mol. The number of alkyl halides is 3. The van der Waals surface area contributed by atoms with Crippen LogP contribution in [0.2, 0.25) is 0 Å². The van der Waals surface area contributed by atoms with E-state index in [1.807, 2.05) is 0 Å². The van der Waals surface area contributed by atoms with Gasteiger partial charge in [-0.2, -0.15) is 35.9 Å². The Kier molecular flexibility index (Phi) is 5.97. The van der Waals surface area contributed by atoms with Crippen LogP contribution in [0.3, 0.4) is 0 Å². The summed E-state index contributed by atoms with van der Waals surface area (Å²) in [6, 6.07) is 5.58. The molecule has 1 aromatic carbocycles. The normalized spacial score (nSPS) is 14.9. The Morgan fingerprint density at radius 3 is 2.50 bits per heavy atom. The van der Waals surface area contributed by atoms with Gasteiger partial charge in [0.1, 0.15) is 12.4 Å². The van der Waals surface area contributed by atoms with Crippen molar-refractivity contribution in [2.75, 3.05) is 6.61 Å². The fourth-order valence-corrected chi connectivity index (χ4v) is 5.12. The molecular formula is C20H19F4N5O4S. The molecule has 9 nitrogen and oxygen atoms in total. The van der Waals surface area contributed by atoms with E-state index in [2.05, 4.69) is 10.2 Å². The van der Waals surface area contributed by atoms with E-state index >= 15 is 0 Å². The Labute approximate surface area is 191 Å². The standard InChI is InChI=1S/C20H19F4N5O4S/c1-12-6-28(11-20(22,23)24)26-18(12)34(32,33)29-8-13-7-27(9-17(13)25-29)19(31)15(10-30)14-4-2-3-5-16(14)21/h2-6,8,15,30H,7,9-11H2,1H3/t15-/m1/s1. The van der Waals surface area contributed by atoms with Gasteiger partial charge >= 0.3 is 16.2 Å². The van der Waals surface area contributed by atoms with Gasteiger partial charge < -0.3 is 10.0 Å². The van der Waals surface area contributed by atoms with Crippen LogP contribution in [0.4, 0.5) is 17.6 Å². The lowest BCUT2D eigenvalue weighted by molar-refractivity contribution is -0.142. The van der Waals surface area contributed by atoms with Gasteiger partial charge in [0.25, 0.3) is 0 Å². The van der Waals surface area contributed by atoms with Crippen LogP contribution < -0.4 is 0 Å². The third kappa shape index (κ3) is 4.42. The summed E-state index contributed by atoms with van der Waals surface area (Å²) in [6.45, 7) is -0.854. The summed E-state index contributed by atoms with van der Waals surface area (Å²) in [5.74, 6) is -2.33. The van der Waals surface area contributed by atoms with Gasteiger partial charge in [-0.25, -0.2) is 4.39 Å². The van der Waals surface area contributed by atoms with E-state index in [-0.39, 0.29) is 29.9 Å². The molecule has 2 aromatic heterocycles. The molecule has 0 bridgehead atoms. The second-order valence-corrected chi connectivity index (χ2v) is 9.57. The number of hydrogen-bond acceptors (Lipinski definition) is 6. The molecule has 0 saturated carbocycles. The molecule has 0 aliphatic carbocycles. The molecule has 0 spiro atoms. The number of aromatic nitrogens is 4. The van der Waals surface area contributed by atoms with Crippen molar-refractivity contribution in [3.63, 3.8) is 0 Å². The summed E-state index contributed by atoms with van der Waals surface area (Å²) in [5, 5.41) is 16.7. The lowest BCUT2D eigenvalue weighted by Crippen LogP contribution is -2.33. The van der Waals surface area contributed by atoms with E-state index in [4.69, 9.17) is 0 Å². The van der Waals surface area contributed by atoms with Gasteiger partial charge in [0.15, 0.2) is 0 Å². The molecule has 3 heterocycles. The highest BCUT2D eigenvalue weighted by Gasteiger charge is 2.35. The van der Waals surface area contributed by atoms with Crippen molar-refractivity contribution < 1.29 is 35.9 Å². The van der Waals surface area contributed by atoms with E-state index < -0.39 is 52.0 Å². The molecule has 34 heavy (non-hydrogen) atoms. The molecule has 0 saturated heterocycles. The lowest BCUT2D eigenvalue weighted by atomic mass is 9.98. The van der Waals surface area contributed by atoms with Gasteiger partial charge in [0, 0.05) is 35.6 Å². The minimum absolute atomic E-state index is 0.0207. The molecule has 1 aliphatic heterocycles. The summed E-state index contributed by atoms with van der Waals surface area (Å²) in [7, 11) is -4.38. The van der Waals surface area contributed by atoms with Crippen LogP contribution in [0.25, 0.3) is 0 Å². The smallest absolute Gasteiger partial charge is 0.395 e. The first kappa shape index (κ1) is 23.9. The highest BCUT2D eigenvalue weighted by Crippen LogP contribution is 2.29. The molecule has 0 fully saturated rings. The van der Waals surface area contributed by atoms with Gasteiger partial charge in [-0.15, -0.1) is 0 Å². The third-order valence-electron chi connectivity index (χ3n) is 5.36. The van der Waals surface area contributed by atoms with Crippen LogP contribution in [-0.2, 0) is 34.5 Å². The van der Waals surface area contributed by atoms with Crippen LogP contribution in [0.15, 0.2) is 41.7 Å². The van der Waals surface area contributed by atoms with Gasteiger partial charge in [0.05, 0.1) is 24.8 Å². The highest BCUT2D eigenvalue weighted by atomic mass is 32.2. The first-order chi connectivity index (χ1) is 15.9. The number of rotatable bonds is 6. The zero-order valence-corrected chi connectivity index (χ0v) is 18.5. The number of fused-ring (bicyclic) bond motifs is 1. The van der Waals surface area contributed by atoms with Crippen molar-refractivity contribution in [1.82, 2.24) is 23.9 Å². The maximum Gasteiger partial charge on any atom is 0.408 e. The van der Waals surface area contributed by atoms with Crippen LogP contribution in [0, 0.1) is 12.7 Å². The van der Waals surface area contributed by atoms with E-state index in [1.54, 1.807) is 6.07 Å². The number of nitrogens with zero attached hydrogens (tertiary/aromatic N) is 5. The van der Waals surface area contributed by atoms with E-state index in [0.717, 1.165) is 12.4 Å². The van der Waals surface area contributed by atoms with Gasteiger partial charge in [-0.3, -0.25) is 9.48 Å². The predicted molar refractivity (Wildman–Crippen MR) is 108 cm³/mol. The second kappa shape index (κ2) is 8.51. The van der Waals surface area contributed by atoms with Crippen LogP contribution in [0.1, 0.15) is 28.3 Å². The zero-order valence-electron chi connectivity index (χ0n) is 17.7. The summed E-state index contributed by atoms with van der Waals surface area (Å²) in [6.07, 6.45) is -2.43. The van der Waals surface area contributed by atoms with Crippen molar-refractivity contribution in [1.29, 1.82) is 0 Å². The monoisotopic (exact) mass is 501 g/mol. The van der Waals surface area contributed by atoms with Crippen LogP contribution in [0.5, 0.6) is 0 Å². The molecule has 1 atom stereocenters. The van der Waals surface area contributed by atoms with E-state index in [1.165, 1.54) is 30.0 Å². The summed E-state index contributed by atoms with van der Waals surface area (Å²) < 4.78 is 79.0. The molecule has 3 aromatic rings. The second-order valence-electron chi connectivity index (χ2n) is 7.86. The number of hydrogen-bond donors (Lipinski definition) is 1. The van der Waals surface area contributed by atoms with Crippen LogP contribution >= 0.6 is 0 Å². The fraction of sp³-hybridized carbons (Fsp3) is 0.350. The quantitative estimate of drug-likeness (QED) is 0.517. The van der Waals surface area contributed by atoms with E-state index in [0.29, 0.717) is 14.3 Å². The molecule has 4 rings (SSSR count). The molecule has 1 N–H and O–H groups in total. The van der Waals surface area contributed by atoms with Crippen molar-refractivity contribution in [3.8, 4) is 0 Å². The maximum atomic E-state index is 14.1. The highest BCUT2D eigenvalue weighted by molar-refractivity contribution is 7.89. The van der Waals surface area contributed by atoms with Gasteiger partial charge in [0.2, 0.25) is 10.9 Å². The molecule has 1 aliphatic rings. The number of carbonyl (C=O) groups excluding carboxylic acids is 1. The van der Waals surface area contributed by atoms with Crippen molar-refractivity contribution in [3.05, 3.63) is 64.9 Å². The summed E-state index contributed by atoms with van der Waals surface area (Å²) >= 11 is 0. The topological polar surface area (TPSA) is 110 Å². The minimum atomic E-state index is -4.57. The number of aryl methyl sites for hydroxylation is 1. The Bertz CT molecular complexity index is 1330. The van der Waals surface area contributed by atoms with Crippen LogP contribution in [-0.4, -0.2) is 56.1 Å². The van der Waals surface area contributed by atoms with Crippen molar-refractivity contribution in [2.24, 2.45) is 0 Å². The first-order valence-corrected chi connectivity index (χ1v) is 11.4. The molecule has 0 radical (unpaired) electrons. The zero-order chi connectivity index (χ0) is 24.8. The van der Waals surface area contributed by atoms with Gasteiger partial charge in [-0.05, 0) is 13.0 Å².